The summed E-state index contributed by atoms with van der Waals surface area (Å²) >= 11 is 6.46. The molecule has 21 heavy (non-hydrogen) atoms. The Labute approximate surface area is 135 Å². The van der Waals surface area contributed by atoms with E-state index >= 15 is 0 Å². The fourth-order valence-electron chi connectivity index (χ4n) is 1.77. The summed E-state index contributed by atoms with van der Waals surface area (Å²) in [4.78, 5) is 18.8. The van der Waals surface area contributed by atoms with Crippen LogP contribution in [0.25, 0.3) is 5.65 Å². The molecule has 0 aliphatic carbocycles. The Morgan fingerprint density at radius 3 is 2.90 bits per heavy atom. The van der Waals surface area contributed by atoms with Crippen molar-refractivity contribution in [3.05, 3.63) is 56.0 Å². The lowest BCUT2D eigenvalue weighted by atomic mass is 10.3. The molecule has 1 aromatic carbocycles. The van der Waals surface area contributed by atoms with Gasteiger partial charge < -0.3 is 4.74 Å². The highest BCUT2D eigenvalue weighted by atomic mass is 79.9. The van der Waals surface area contributed by atoms with Crippen LogP contribution in [-0.4, -0.2) is 19.3 Å². The molecule has 3 rings (SSSR count). The molecule has 2 heterocycles. The summed E-state index contributed by atoms with van der Waals surface area (Å²) in [6.07, 6.45) is 5.09. The summed E-state index contributed by atoms with van der Waals surface area (Å²) < 4.78 is 8.22. The van der Waals surface area contributed by atoms with Crippen LogP contribution in [0.5, 0.6) is 11.6 Å². The van der Waals surface area contributed by atoms with Gasteiger partial charge in [0.05, 0.1) is 4.92 Å². The first-order chi connectivity index (χ1) is 10.1. The van der Waals surface area contributed by atoms with Crippen LogP contribution in [0.3, 0.4) is 0 Å². The molecule has 0 aliphatic heterocycles. The molecule has 0 saturated carbocycles. The van der Waals surface area contributed by atoms with Crippen LogP contribution in [0.15, 0.2) is 45.9 Å². The molecule has 0 amide bonds. The second-order valence-corrected chi connectivity index (χ2v) is 5.58. The van der Waals surface area contributed by atoms with Gasteiger partial charge in [0.1, 0.15) is 9.08 Å². The van der Waals surface area contributed by atoms with Crippen LogP contribution < -0.4 is 4.74 Å². The van der Waals surface area contributed by atoms with Gasteiger partial charge in [0.25, 0.3) is 11.6 Å². The van der Waals surface area contributed by atoms with E-state index in [-0.39, 0.29) is 16.0 Å². The zero-order valence-electron chi connectivity index (χ0n) is 10.2. The Hall–Kier alpha value is -2.00. The summed E-state index contributed by atoms with van der Waals surface area (Å²) in [6, 6.07) is 4.54. The number of benzene rings is 1. The molecule has 9 heteroatoms. The van der Waals surface area contributed by atoms with E-state index in [9.17, 15) is 10.1 Å². The van der Waals surface area contributed by atoms with Crippen molar-refractivity contribution in [2.24, 2.45) is 0 Å². The first-order valence-corrected chi connectivity index (χ1v) is 7.25. The Morgan fingerprint density at radius 1 is 1.33 bits per heavy atom. The monoisotopic (exact) mass is 412 g/mol. The standard InChI is InChI=1S/C12H6Br2N4O3/c13-9-6-17-5-4-15-11(17)12(16-9)21-8-3-1-2-7(10(8)14)18(19)20/h1-6H. The van der Waals surface area contributed by atoms with Crippen molar-refractivity contribution < 1.29 is 9.66 Å². The van der Waals surface area contributed by atoms with Crippen molar-refractivity contribution in [1.82, 2.24) is 14.4 Å². The number of fused-ring (bicyclic) bond motifs is 1. The number of ether oxygens (including phenoxy) is 1. The summed E-state index contributed by atoms with van der Waals surface area (Å²) in [7, 11) is 0. The molecule has 0 fully saturated rings. The normalized spacial score (nSPS) is 10.8. The number of nitrogens with zero attached hydrogens (tertiary/aromatic N) is 4. The highest BCUT2D eigenvalue weighted by Crippen LogP contribution is 2.36. The molecule has 0 saturated heterocycles. The minimum Gasteiger partial charge on any atom is -0.434 e. The number of hydrogen-bond acceptors (Lipinski definition) is 5. The third kappa shape index (κ3) is 2.61. The largest absolute Gasteiger partial charge is 0.434 e. The average molecular weight is 414 g/mol. The van der Waals surface area contributed by atoms with Crippen molar-refractivity contribution in [3.8, 4) is 11.6 Å². The van der Waals surface area contributed by atoms with E-state index in [1.807, 2.05) is 0 Å². The van der Waals surface area contributed by atoms with Crippen LogP contribution >= 0.6 is 31.9 Å². The number of imidazole rings is 1. The van der Waals surface area contributed by atoms with Crippen molar-refractivity contribution in [3.63, 3.8) is 0 Å². The molecular weight excluding hydrogens is 408 g/mol. The van der Waals surface area contributed by atoms with E-state index < -0.39 is 4.92 Å². The molecular formula is C12H6Br2N4O3. The van der Waals surface area contributed by atoms with Crippen molar-refractivity contribution in [1.29, 1.82) is 0 Å². The second kappa shape index (κ2) is 5.41. The van der Waals surface area contributed by atoms with Gasteiger partial charge in [0, 0.05) is 24.7 Å². The summed E-state index contributed by atoms with van der Waals surface area (Å²) in [5.41, 5.74) is 0.429. The number of nitro groups is 1. The van der Waals surface area contributed by atoms with E-state index in [0.29, 0.717) is 16.0 Å². The maximum atomic E-state index is 10.9. The Balaban J connectivity index is 2.09. The van der Waals surface area contributed by atoms with E-state index in [0.717, 1.165) is 0 Å². The van der Waals surface area contributed by atoms with Gasteiger partial charge in [-0.05, 0) is 37.9 Å². The van der Waals surface area contributed by atoms with E-state index in [1.54, 1.807) is 35.1 Å². The zero-order chi connectivity index (χ0) is 15.0. The molecule has 0 N–H and O–H groups in total. The molecule has 0 atom stereocenters. The smallest absolute Gasteiger partial charge is 0.287 e. The molecule has 3 aromatic rings. The fourth-order valence-corrected chi connectivity index (χ4v) is 2.64. The number of aromatic nitrogens is 3. The van der Waals surface area contributed by atoms with Crippen LogP contribution in [0, 0.1) is 10.1 Å². The van der Waals surface area contributed by atoms with Crippen LogP contribution in [0.4, 0.5) is 5.69 Å². The first-order valence-electron chi connectivity index (χ1n) is 5.66. The molecule has 2 aromatic heterocycles. The van der Waals surface area contributed by atoms with Crippen LogP contribution in [0.1, 0.15) is 0 Å². The summed E-state index contributed by atoms with van der Waals surface area (Å²) in [5.74, 6) is 0.537. The van der Waals surface area contributed by atoms with Gasteiger partial charge in [0.15, 0.2) is 5.75 Å². The molecule has 7 nitrogen and oxygen atoms in total. The number of rotatable bonds is 3. The number of hydrogen-bond donors (Lipinski definition) is 0. The summed E-state index contributed by atoms with van der Waals surface area (Å²) in [6.45, 7) is 0. The predicted octanol–water partition coefficient (Wildman–Crippen LogP) is 3.95. The quantitative estimate of drug-likeness (QED) is 0.479. The lowest BCUT2D eigenvalue weighted by molar-refractivity contribution is -0.385. The SMILES string of the molecule is O=[N+]([O-])c1cccc(Oc2nc(Br)cn3ccnc23)c1Br. The van der Waals surface area contributed by atoms with Gasteiger partial charge >= 0.3 is 0 Å². The minimum absolute atomic E-state index is 0.0816. The van der Waals surface area contributed by atoms with Crippen molar-refractivity contribution >= 4 is 43.2 Å². The van der Waals surface area contributed by atoms with Crippen molar-refractivity contribution in [2.45, 2.75) is 0 Å². The minimum atomic E-state index is -0.490. The average Bonchev–Trinajstić information content (AvgIpc) is 2.88. The maximum absolute atomic E-state index is 10.9. The molecule has 0 spiro atoms. The molecule has 0 unspecified atom stereocenters. The van der Waals surface area contributed by atoms with Gasteiger partial charge in [0.2, 0.25) is 5.65 Å². The third-order valence-corrected chi connectivity index (χ3v) is 3.84. The van der Waals surface area contributed by atoms with Gasteiger partial charge in [-0.25, -0.2) is 9.97 Å². The Kier molecular flexibility index (Phi) is 3.60. The fraction of sp³-hybridized carbons (Fsp3) is 0. The Bertz CT molecular complexity index is 850. The predicted molar refractivity (Wildman–Crippen MR) is 81.6 cm³/mol. The summed E-state index contributed by atoms with van der Waals surface area (Å²) in [5, 5.41) is 10.9. The number of halogens is 2. The van der Waals surface area contributed by atoms with Crippen LogP contribution in [0.2, 0.25) is 0 Å². The highest BCUT2D eigenvalue weighted by molar-refractivity contribution is 9.10. The van der Waals surface area contributed by atoms with Gasteiger partial charge in [-0.1, -0.05) is 6.07 Å². The lowest BCUT2D eigenvalue weighted by Crippen LogP contribution is -1.97. The van der Waals surface area contributed by atoms with Gasteiger partial charge in [-0.2, -0.15) is 0 Å². The van der Waals surface area contributed by atoms with E-state index in [4.69, 9.17) is 4.74 Å². The zero-order valence-corrected chi connectivity index (χ0v) is 13.4. The molecule has 0 aliphatic rings. The molecule has 106 valence electrons. The van der Waals surface area contributed by atoms with Crippen LogP contribution in [-0.2, 0) is 0 Å². The van der Waals surface area contributed by atoms with E-state index in [2.05, 4.69) is 41.8 Å². The second-order valence-electron chi connectivity index (χ2n) is 3.98. The first kappa shape index (κ1) is 14.0. The van der Waals surface area contributed by atoms with Crippen molar-refractivity contribution in [2.75, 3.05) is 0 Å². The highest BCUT2D eigenvalue weighted by Gasteiger charge is 2.18. The molecule has 0 bridgehead atoms. The van der Waals surface area contributed by atoms with Gasteiger partial charge in [-0.15, -0.1) is 0 Å². The lowest BCUT2D eigenvalue weighted by Gasteiger charge is -2.08. The molecule has 0 radical (unpaired) electrons. The topological polar surface area (TPSA) is 82.6 Å². The van der Waals surface area contributed by atoms with Gasteiger partial charge in [-0.3, -0.25) is 14.5 Å². The third-order valence-electron chi connectivity index (χ3n) is 2.66. The van der Waals surface area contributed by atoms with E-state index in [1.165, 1.54) is 6.07 Å². The Morgan fingerprint density at radius 2 is 2.14 bits per heavy atom. The number of nitro benzene ring substituents is 1. The maximum Gasteiger partial charge on any atom is 0.287 e.